The van der Waals surface area contributed by atoms with Gasteiger partial charge in [-0.15, -0.1) is 0 Å². The molecule has 0 amide bonds. The number of benzene rings is 1. The van der Waals surface area contributed by atoms with Crippen LogP contribution in [0.15, 0.2) is 23.1 Å². The molecule has 1 N–H and O–H groups in total. The summed E-state index contributed by atoms with van der Waals surface area (Å²) in [6.07, 6.45) is 1.13. The smallest absolute Gasteiger partial charge is 0.399 e. The zero-order valence-corrected chi connectivity index (χ0v) is 15.6. The van der Waals surface area contributed by atoms with E-state index < -0.39 is 33.8 Å². The van der Waals surface area contributed by atoms with Crippen molar-refractivity contribution in [3.05, 3.63) is 23.8 Å². The first-order chi connectivity index (χ1) is 10.2. The maximum atomic E-state index is 12.1. The fourth-order valence-electron chi connectivity index (χ4n) is 2.48. The van der Waals surface area contributed by atoms with Crippen molar-refractivity contribution in [1.29, 1.82) is 0 Å². The molecule has 0 unspecified atom stereocenters. The lowest BCUT2D eigenvalue weighted by atomic mass is 9.78. The Balaban J connectivity index is 2.52. The quantitative estimate of drug-likeness (QED) is 0.847. The van der Waals surface area contributed by atoms with Crippen LogP contribution in [0.2, 0.25) is 0 Å². The number of hydrogen-bond donors (Lipinski definition) is 1. The van der Waals surface area contributed by atoms with Crippen LogP contribution in [0.4, 0.5) is 0 Å². The third-order valence-electron chi connectivity index (χ3n) is 4.59. The molecule has 128 valence electrons. The van der Waals surface area contributed by atoms with E-state index in [0.717, 1.165) is 6.26 Å². The van der Waals surface area contributed by atoms with Gasteiger partial charge in [-0.05, 0) is 53.1 Å². The molecule has 1 saturated heterocycles. The highest BCUT2D eigenvalue weighted by atomic mass is 32.2. The van der Waals surface area contributed by atoms with Gasteiger partial charge < -0.3 is 14.4 Å². The van der Waals surface area contributed by atoms with Crippen molar-refractivity contribution in [2.24, 2.45) is 0 Å². The molecular formula is C16H25BO5S. The fourth-order valence-corrected chi connectivity index (χ4v) is 3.54. The van der Waals surface area contributed by atoms with Crippen LogP contribution in [-0.4, -0.2) is 38.1 Å². The zero-order valence-electron chi connectivity index (χ0n) is 14.8. The lowest BCUT2D eigenvalue weighted by molar-refractivity contribution is 0.00578. The maximum Gasteiger partial charge on any atom is 0.494 e. The van der Waals surface area contributed by atoms with Gasteiger partial charge in [0.25, 0.3) is 0 Å². The van der Waals surface area contributed by atoms with E-state index >= 15 is 0 Å². The SMILES string of the molecule is CC(C)(O)c1ccc(B2OC(C)(C)C(C)(C)O2)cc1S(C)(=O)=O. The van der Waals surface area contributed by atoms with E-state index in [-0.39, 0.29) is 4.90 Å². The Morgan fingerprint density at radius 2 is 1.57 bits per heavy atom. The second kappa shape index (κ2) is 5.31. The standard InChI is InChI=1S/C16H25BO5S/c1-14(2,18)12-9-8-11(10-13(12)23(7,19)20)17-21-15(3,4)16(5,6)22-17/h8-10,18H,1-7H3. The van der Waals surface area contributed by atoms with Gasteiger partial charge in [-0.2, -0.15) is 0 Å². The van der Waals surface area contributed by atoms with Gasteiger partial charge in [0.2, 0.25) is 0 Å². The van der Waals surface area contributed by atoms with Crippen molar-refractivity contribution in [2.75, 3.05) is 6.26 Å². The van der Waals surface area contributed by atoms with Gasteiger partial charge in [0.05, 0.1) is 21.7 Å². The zero-order chi connectivity index (χ0) is 17.8. The Morgan fingerprint density at radius 1 is 1.09 bits per heavy atom. The molecule has 7 heteroatoms. The largest absolute Gasteiger partial charge is 0.494 e. The van der Waals surface area contributed by atoms with E-state index in [1.54, 1.807) is 26.0 Å². The minimum Gasteiger partial charge on any atom is -0.399 e. The van der Waals surface area contributed by atoms with Crippen molar-refractivity contribution in [1.82, 2.24) is 0 Å². The van der Waals surface area contributed by atoms with E-state index in [9.17, 15) is 13.5 Å². The van der Waals surface area contributed by atoms with Crippen LogP contribution in [0.3, 0.4) is 0 Å². The highest BCUT2D eigenvalue weighted by molar-refractivity contribution is 7.90. The van der Waals surface area contributed by atoms with Crippen molar-refractivity contribution in [2.45, 2.75) is 63.2 Å². The van der Waals surface area contributed by atoms with Gasteiger partial charge in [-0.3, -0.25) is 0 Å². The van der Waals surface area contributed by atoms with E-state index in [2.05, 4.69) is 0 Å². The molecule has 1 aromatic rings. The molecule has 1 aliphatic heterocycles. The van der Waals surface area contributed by atoms with E-state index in [1.807, 2.05) is 27.7 Å². The minimum atomic E-state index is -3.50. The number of rotatable bonds is 3. The highest BCUT2D eigenvalue weighted by Gasteiger charge is 2.51. The molecule has 2 rings (SSSR count). The molecule has 0 bridgehead atoms. The molecule has 0 radical (unpaired) electrons. The average Bonchev–Trinajstić information content (AvgIpc) is 2.55. The third kappa shape index (κ3) is 3.48. The number of hydrogen-bond acceptors (Lipinski definition) is 5. The monoisotopic (exact) mass is 340 g/mol. The van der Waals surface area contributed by atoms with Gasteiger partial charge in [0, 0.05) is 11.8 Å². The Labute approximate surface area is 139 Å². The Morgan fingerprint density at radius 3 is 1.96 bits per heavy atom. The van der Waals surface area contributed by atoms with Crippen LogP contribution in [0, 0.1) is 0 Å². The second-order valence-electron chi connectivity index (χ2n) is 7.68. The van der Waals surface area contributed by atoms with Crippen LogP contribution in [0.25, 0.3) is 0 Å². The summed E-state index contributed by atoms with van der Waals surface area (Å²) in [6, 6.07) is 4.89. The molecule has 5 nitrogen and oxygen atoms in total. The van der Waals surface area contributed by atoms with Crippen molar-refractivity contribution in [3.63, 3.8) is 0 Å². The summed E-state index contributed by atoms with van der Waals surface area (Å²) in [6.45, 7) is 10.9. The summed E-state index contributed by atoms with van der Waals surface area (Å²) < 4.78 is 36.2. The molecule has 1 fully saturated rings. The molecule has 0 aromatic heterocycles. The molecule has 0 aliphatic carbocycles. The van der Waals surface area contributed by atoms with Crippen LogP contribution in [-0.2, 0) is 24.7 Å². The van der Waals surface area contributed by atoms with Gasteiger partial charge in [0.1, 0.15) is 0 Å². The van der Waals surface area contributed by atoms with Crippen molar-refractivity contribution >= 4 is 22.4 Å². The molecule has 0 saturated carbocycles. The van der Waals surface area contributed by atoms with Crippen LogP contribution >= 0.6 is 0 Å². The average molecular weight is 340 g/mol. The van der Waals surface area contributed by atoms with Gasteiger partial charge >= 0.3 is 7.12 Å². The van der Waals surface area contributed by atoms with Crippen LogP contribution in [0.5, 0.6) is 0 Å². The van der Waals surface area contributed by atoms with Crippen LogP contribution < -0.4 is 5.46 Å². The Bertz CT molecular complexity index is 700. The molecule has 1 aromatic carbocycles. The van der Waals surface area contributed by atoms with E-state index in [0.29, 0.717) is 11.0 Å². The van der Waals surface area contributed by atoms with E-state index in [1.165, 1.54) is 6.07 Å². The van der Waals surface area contributed by atoms with E-state index in [4.69, 9.17) is 9.31 Å². The number of aliphatic hydroxyl groups is 1. The summed E-state index contributed by atoms with van der Waals surface area (Å²) in [5, 5.41) is 10.2. The first-order valence-electron chi connectivity index (χ1n) is 7.58. The minimum absolute atomic E-state index is 0.0946. The first-order valence-corrected chi connectivity index (χ1v) is 9.47. The second-order valence-corrected chi connectivity index (χ2v) is 9.66. The molecule has 0 atom stereocenters. The third-order valence-corrected chi connectivity index (χ3v) is 5.73. The van der Waals surface area contributed by atoms with Crippen LogP contribution in [0.1, 0.15) is 47.1 Å². The van der Waals surface area contributed by atoms with Crippen molar-refractivity contribution < 1.29 is 22.8 Å². The first kappa shape index (κ1) is 18.5. The van der Waals surface area contributed by atoms with Crippen molar-refractivity contribution in [3.8, 4) is 0 Å². The molecule has 1 aliphatic rings. The molecule has 23 heavy (non-hydrogen) atoms. The van der Waals surface area contributed by atoms with Gasteiger partial charge in [-0.1, -0.05) is 12.1 Å². The summed E-state index contributed by atoms with van der Waals surface area (Å²) >= 11 is 0. The Kier molecular flexibility index (Phi) is 4.26. The Hall–Kier alpha value is -0.885. The predicted molar refractivity (Wildman–Crippen MR) is 90.5 cm³/mol. The highest BCUT2D eigenvalue weighted by Crippen LogP contribution is 2.37. The summed E-state index contributed by atoms with van der Waals surface area (Å²) in [4.78, 5) is 0.0946. The van der Waals surface area contributed by atoms with Gasteiger partial charge in [-0.25, -0.2) is 8.42 Å². The summed E-state index contributed by atoms with van der Waals surface area (Å²) in [5.74, 6) is 0. The summed E-state index contributed by atoms with van der Waals surface area (Å²) in [7, 11) is -4.14. The normalized spacial score (nSPS) is 20.8. The lowest BCUT2D eigenvalue weighted by Gasteiger charge is -2.32. The number of sulfone groups is 1. The molecular weight excluding hydrogens is 315 g/mol. The molecule has 0 spiro atoms. The maximum absolute atomic E-state index is 12.1. The molecule has 1 heterocycles. The fraction of sp³-hybridized carbons (Fsp3) is 0.625. The predicted octanol–water partition coefficient (Wildman–Crippen LogP) is 1.62. The topological polar surface area (TPSA) is 72.8 Å². The van der Waals surface area contributed by atoms with Gasteiger partial charge in [0.15, 0.2) is 9.84 Å². The lowest BCUT2D eigenvalue weighted by Crippen LogP contribution is -2.41. The summed E-state index contributed by atoms with van der Waals surface area (Å²) in [5.41, 5.74) is -1.28.